The maximum Gasteiger partial charge on any atom is 1.00 e. The van der Waals surface area contributed by atoms with Gasteiger partial charge in [-0.25, -0.2) is 14.3 Å². The summed E-state index contributed by atoms with van der Waals surface area (Å²) in [5.41, 5.74) is 0.348. The topological polar surface area (TPSA) is 140 Å². The molecule has 2 fully saturated rings. The van der Waals surface area contributed by atoms with Gasteiger partial charge < -0.3 is 16.0 Å². The molecule has 0 bridgehead atoms. The molecule has 150 valence electrons. The molecule has 0 saturated carbocycles. The second-order valence-electron chi connectivity index (χ2n) is 6.25. The van der Waals surface area contributed by atoms with Gasteiger partial charge in [-0.2, -0.15) is 0 Å². The van der Waals surface area contributed by atoms with E-state index >= 15 is 0 Å². The van der Waals surface area contributed by atoms with Gasteiger partial charge in [0, 0.05) is 18.4 Å². The molecular weight excluding hydrogens is 415 g/mol. The van der Waals surface area contributed by atoms with Gasteiger partial charge >= 0.3 is 41.6 Å². The molecule has 4 rings (SSSR count). The number of carboxylic acid groups (broad SMARTS) is 1. The summed E-state index contributed by atoms with van der Waals surface area (Å²) in [6, 6.07) is -1.40. The fourth-order valence-electron chi connectivity index (χ4n) is 3.56. The molecule has 3 atom stereocenters. The predicted octanol–water partition coefficient (Wildman–Crippen LogP) is -3.67. The predicted molar refractivity (Wildman–Crippen MR) is 92.8 cm³/mol. The van der Waals surface area contributed by atoms with Gasteiger partial charge in [0.25, 0.3) is 5.91 Å². The number of tetrazole rings is 1. The third kappa shape index (κ3) is 3.46. The number of carbonyl (C=O) groups excluding carboxylic acids is 2. The Hall–Kier alpha value is -1.93. The van der Waals surface area contributed by atoms with Crippen LogP contribution in [0, 0.1) is 0 Å². The minimum atomic E-state index is -1.22. The van der Waals surface area contributed by atoms with Gasteiger partial charge in [0.1, 0.15) is 31.2 Å². The molecule has 4 heterocycles. The largest absolute Gasteiger partial charge is 1.00 e. The van der Waals surface area contributed by atoms with E-state index in [1.807, 2.05) is 0 Å². The van der Waals surface area contributed by atoms with Crippen LogP contribution in [0.2, 0.25) is 0 Å². The number of carbonyl (C=O) groups is 3. The molecule has 14 heteroatoms. The maximum absolute atomic E-state index is 12.6. The van der Waals surface area contributed by atoms with Crippen LogP contribution in [-0.2, 0) is 26.1 Å². The van der Waals surface area contributed by atoms with Crippen LogP contribution in [0.1, 0.15) is 1.43 Å². The van der Waals surface area contributed by atoms with E-state index < -0.39 is 36.2 Å². The molecule has 0 aliphatic carbocycles. The van der Waals surface area contributed by atoms with Crippen molar-refractivity contribution >= 4 is 29.7 Å². The van der Waals surface area contributed by atoms with Gasteiger partial charge in [0.15, 0.2) is 0 Å². The van der Waals surface area contributed by atoms with E-state index in [1.54, 1.807) is 7.05 Å². The first kappa shape index (κ1) is 21.8. The Bertz CT molecular complexity index is 912. The Morgan fingerprint density at radius 1 is 1.52 bits per heavy atom. The van der Waals surface area contributed by atoms with E-state index in [-0.39, 0.29) is 55.8 Å². The zero-order chi connectivity index (χ0) is 20.0. The van der Waals surface area contributed by atoms with Gasteiger partial charge in [-0.05, 0) is 10.4 Å². The van der Waals surface area contributed by atoms with Crippen molar-refractivity contribution in [1.82, 2.24) is 30.0 Å². The summed E-state index contributed by atoms with van der Waals surface area (Å²) in [4.78, 5) is 39.0. The number of aryl methyl sites for hydroxylation is 1. The van der Waals surface area contributed by atoms with Crippen LogP contribution in [-0.4, -0.2) is 90.4 Å². The molecule has 1 aromatic rings. The van der Waals surface area contributed by atoms with Gasteiger partial charge in [0.05, 0.1) is 6.04 Å². The average molecular weight is 432 g/mol. The Kier molecular flexibility index (Phi) is 6.33. The Labute approximate surface area is 192 Å². The normalized spacial score (nSPS) is 24.6. The second-order valence-corrected chi connectivity index (χ2v) is 7.19. The van der Waals surface area contributed by atoms with E-state index in [2.05, 4.69) is 22.1 Å². The molecule has 12 nitrogen and oxygen atoms in total. The molecule has 1 aromatic heterocycles. The summed E-state index contributed by atoms with van der Waals surface area (Å²) in [5.74, 6) is -1.46. The molecule has 0 radical (unpaired) electrons. The molecule has 1 unspecified atom stereocenters. The smallest absolute Gasteiger partial charge is 1.00 e. The first-order valence-corrected chi connectivity index (χ1v) is 9.24. The SMILES string of the molecule is C=CCOC(=O)N1COC2C(CSc3nnnn3C)=C(C(=O)O)N3C(=O)[C@@H]1[C@@H]23.[H-].[Na+]. The van der Waals surface area contributed by atoms with Crippen LogP contribution in [0.15, 0.2) is 29.1 Å². The van der Waals surface area contributed by atoms with Gasteiger partial charge in [-0.1, -0.05) is 24.4 Å². The van der Waals surface area contributed by atoms with E-state index in [1.165, 1.54) is 32.3 Å². The number of thioether (sulfide) groups is 1. The van der Waals surface area contributed by atoms with Crippen LogP contribution >= 0.6 is 11.8 Å². The van der Waals surface area contributed by atoms with Crippen molar-refractivity contribution in [3.63, 3.8) is 0 Å². The minimum Gasteiger partial charge on any atom is -1.00 e. The summed E-state index contributed by atoms with van der Waals surface area (Å²) >= 11 is 1.24. The number of rotatable bonds is 6. The number of aromatic nitrogens is 4. The first-order valence-electron chi connectivity index (χ1n) is 8.26. The van der Waals surface area contributed by atoms with Crippen molar-refractivity contribution in [2.75, 3.05) is 19.1 Å². The number of nitrogens with zero attached hydrogens (tertiary/aromatic N) is 6. The van der Waals surface area contributed by atoms with E-state index in [0.717, 1.165) is 0 Å². The summed E-state index contributed by atoms with van der Waals surface area (Å²) in [7, 11) is 1.67. The fraction of sp³-hybridized carbons (Fsp3) is 0.467. The second kappa shape index (κ2) is 8.44. The average Bonchev–Trinajstić information content (AvgIpc) is 3.22. The molecule has 2 saturated heterocycles. The number of amides is 2. The van der Waals surface area contributed by atoms with Crippen LogP contribution < -0.4 is 29.6 Å². The number of ether oxygens (including phenoxy) is 2. The zero-order valence-corrected chi connectivity index (χ0v) is 18.5. The summed E-state index contributed by atoms with van der Waals surface area (Å²) in [6.45, 7) is 3.30. The monoisotopic (exact) mass is 432 g/mol. The number of hydrogen-bond acceptors (Lipinski definition) is 9. The van der Waals surface area contributed by atoms with Crippen molar-refractivity contribution < 1.29 is 59.9 Å². The third-order valence-electron chi connectivity index (χ3n) is 4.74. The van der Waals surface area contributed by atoms with Gasteiger partial charge in [-0.3, -0.25) is 14.6 Å². The number of β-lactam (4-membered cyclic amide) rings is 1. The minimum absolute atomic E-state index is 0. The molecule has 3 aliphatic heterocycles. The van der Waals surface area contributed by atoms with Crippen molar-refractivity contribution in [2.45, 2.75) is 23.3 Å². The van der Waals surface area contributed by atoms with Gasteiger partial charge in [-0.15, -0.1) is 5.10 Å². The van der Waals surface area contributed by atoms with Crippen molar-refractivity contribution in [1.29, 1.82) is 0 Å². The Morgan fingerprint density at radius 3 is 2.90 bits per heavy atom. The van der Waals surface area contributed by atoms with Gasteiger partial charge in [0.2, 0.25) is 5.16 Å². The summed E-state index contributed by atoms with van der Waals surface area (Å²) in [6.07, 6.45) is 0.0867. The standard InChI is InChI=1S/C15H16N6O6S.Na.H/c1-3-4-26-15(25)20-6-27-11-7(5-28-14-16-17-18-19(14)2)8(13(23)24)21-9(11)10(20)12(21)22;;/h3,9-11H,1,4-6H2,2H3,(H,23,24);;/q;+1;-1/t9-,10-,11?;;/m0../s1. The van der Waals surface area contributed by atoms with E-state index in [0.29, 0.717) is 10.7 Å². The summed E-state index contributed by atoms with van der Waals surface area (Å²) < 4.78 is 12.2. The first-order chi connectivity index (χ1) is 13.5. The third-order valence-corrected chi connectivity index (χ3v) is 5.80. The van der Waals surface area contributed by atoms with Crippen molar-refractivity contribution in [3.8, 4) is 0 Å². The number of aliphatic carboxylic acids is 1. The molecule has 0 aromatic carbocycles. The number of hydrogen-bond donors (Lipinski definition) is 1. The molecule has 1 N–H and O–H groups in total. The number of carboxylic acids is 1. The maximum atomic E-state index is 12.6. The van der Waals surface area contributed by atoms with Crippen LogP contribution in [0.25, 0.3) is 0 Å². The van der Waals surface area contributed by atoms with Crippen LogP contribution in [0.4, 0.5) is 4.79 Å². The quantitative estimate of drug-likeness (QED) is 0.207. The summed E-state index contributed by atoms with van der Waals surface area (Å²) in [5, 5.41) is 21.3. The van der Waals surface area contributed by atoms with Crippen LogP contribution in [0.3, 0.4) is 0 Å². The molecule has 2 amide bonds. The van der Waals surface area contributed by atoms with Crippen molar-refractivity contribution in [3.05, 3.63) is 23.9 Å². The fourth-order valence-corrected chi connectivity index (χ4v) is 4.47. The Morgan fingerprint density at radius 2 is 2.28 bits per heavy atom. The molecule has 29 heavy (non-hydrogen) atoms. The van der Waals surface area contributed by atoms with Crippen LogP contribution in [0.5, 0.6) is 0 Å². The van der Waals surface area contributed by atoms with Crippen molar-refractivity contribution in [2.24, 2.45) is 7.05 Å². The Balaban J connectivity index is 0.00000160. The van der Waals surface area contributed by atoms with E-state index in [9.17, 15) is 19.5 Å². The molecular formula is C15H17N6NaO6S. The van der Waals surface area contributed by atoms with E-state index in [4.69, 9.17) is 9.47 Å². The molecule has 3 aliphatic rings. The zero-order valence-electron chi connectivity index (χ0n) is 16.7. The molecule has 0 spiro atoms.